The first kappa shape index (κ1) is 18.5. The Morgan fingerprint density at radius 1 is 1.50 bits per heavy atom. The van der Waals surface area contributed by atoms with Gasteiger partial charge in [0.2, 0.25) is 0 Å². The number of fused-ring (bicyclic) bond motifs is 1. The highest BCUT2D eigenvalue weighted by molar-refractivity contribution is 5.81. The first-order valence-electron chi connectivity index (χ1n) is 8.78. The van der Waals surface area contributed by atoms with Crippen molar-refractivity contribution in [3.05, 3.63) is 40.4 Å². The minimum Gasteiger partial charge on any atom is -0.366 e. The first-order chi connectivity index (χ1) is 12.5. The second-order valence-corrected chi connectivity index (χ2v) is 6.66. The lowest BCUT2D eigenvalue weighted by molar-refractivity contribution is -0.150. The molecule has 8 heteroatoms. The molecule has 1 fully saturated rings. The maximum absolute atomic E-state index is 12.6. The van der Waals surface area contributed by atoms with Crippen LogP contribution in [0.4, 0.5) is 0 Å². The van der Waals surface area contributed by atoms with Crippen molar-refractivity contribution in [3.63, 3.8) is 0 Å². The highest BCUT2D eigenvalue weighted by atomic mass is 16.5. The molecule has 2 heterocycles. The molecule has 0 saturated carbocycles. The number of amides is 1. The second-order valence-electron chi connectivity index (χ2n) is 6.66. The normalized spacial score (nSPS) is 19.4. The molecule has 2 unspecified atom stereocenters. The molecule has 1 aliphatic rings. The van der Waals surface area contributed by atoms with Crippen molar-refractivity contribution in [2.45, 2.75) is 25.6 Å². The van der Waals surface area contributed by atoms with Crippen LogP contribution in [0.25, 0.3) is 10.9 Å². The fraction of sp³-hybridized carbons (Fsp3) is 0.500. The summed E-state index contributed by atoms with van der Waals surface area (Å²) in [6.07, 6.45) is -0.532. The van der Waals surface area contributed by atoms with Crippen LogP contribution in [0.2, 0.25) is 0 Å². The Morgan fingerprint density at radius 3 is 3.04 bits per heavy atom. The Morgan fingerprint density at radius 2 is 2.27 bits per heavy atom. The molecule has 0 spiro atoms. The minimum absolute atomic E-state index is 0.0417. The SMILES string of the molecule is CC(CN)N(C)C(=O)C1CN(Cc2nc3ccccc3c(=O)[nH]2)CCO1. The summed E-state index contributed by atoms with van der Waals surface area (Å²) >= 11 is 0. The summed E-state index contributed by atoms with van der Waals surface area (Å²) in [5, 5.41) is 0.573. The van der Waals surface area contributed by atoms with E-state index in [4.69, 9.17) is 10.5 Å². The molecular weight excluding hydrogens is 334 g/mol. The van der Waals surface area contributed by atoms with Crippen molar-refractivity contribution < 1.29 is 9.53 Å². The molecule has 3 rings (SSSR count). The molecular formula is C18H25N5O3. The first-order valence-corrected chi connectivity index (χ1v) is 8.78. The minimum atomic E-state index is -0.532. The molecule has 1 aromatic carbocycles. The van der Waals surface area contributed by atoms with Crippen molar-refractivity contribution in [1.29, 1.82) is 0 Å². The lowest BCUT2D eigenvalue weighted by Crippen LogP contribution is -2.52. The van der Waals surface area contributed by atoms with E-state index in [0.29, 0.717) is 49.5 Å². The Balaban J connectivity index is 1.71. The van der Waals surface area contributed by atoms with Gasteiger partial charge in [0.1, 0.15) is 11.9 Å². The highest BCUT2D eigenvalue weighted by Gasteiger charge is 2.30. The van der Waals surface area contributed by atoms with Crippen LogP contribution in [0.1, 0.15) is 12.7 Å². The van der Waals surface area contributed by atoms with Gasteiger partial charge in [0.15, 0.2) is 0 Å². The topological polar surface area (TPSA) is 105 Å². The number of nitrogens with zero attached hydrogens (tertiary/aromatic N) is 3. The zero-order valence-electron chi connectivity index (χ0n) is 15.1. The molecule has 3 N–H and O–H groups in total. The van der Waals surface area contributed by atoms with Gasteiger partial charge in [-0.15, -0.1) is 0 Å². The molecule has 1 aromatic heterocycles. The van der Waals surface area contributed by atoms with Gasteiger partial charge in [0.25, 0.3) is 11.5 Å². The maximum atomic E-state index is 12.6. The quantitative estimate of drug-likeness (QED) is 0.774. The van der Waals surface area contributed by atoms with Gasteiger partial charge in [-0.2, -0.15) is 0 Å². The predicted octanol–water partition coefficient (Wildman–Crippen LogP) is -0.0705. The molecule has 0 radical (unpaired) electrons. The molecule has 1 aliphatic heterocycles. The summed E-state index contributed by atoms with van der Waals surface area (Å²) in [6, 6.07) is 7.21. The number of rotatable bonds is 5. The van der Waals surface area contributed by atoms with Gasteiger partial charge in [-0.1, -0.05) is 12.1 Å². The fourth-order valence-electron chi connectivity index (χ4n) is 3.02. The molecule has 140 valence electrons. The van der Waals surface area contributed by atoms with E-state index < -0.39 is 6.10 Å². The number of morpholine rings is 1. The number of nitrogens with one attached hydrogen (secondary N) is 1. The van der Waals surface area contributed by atoms with Gasteiger partial charge in [-0.3, -0.25) is 14.5 Å². The predicted molar refractivity (Wildman–Crippen MR) is 98.7 cm³/mol. The van der Waals surface area contributed by atoms with E-state index in [9.17, 15) is 9.59 Å². The van der Waals surface area contributed by atoms with Crippen molar-refractivity contribution in [2.75, 3.05) is 33.3 Å². The van der Waals surface area contributed by atoms with Gasteiger partial charge >= 0.3 is 0 Å². The van der Waals surface area contributed by atoms with Crippen LogP contribution in [-0.2, 0) is 16.1 Å². The maximum Gasteiger partial charge on any atom is 0.258 e. The van der Waals surface area contributed by atoms with Crippen LogP contribution in [-0.4, -0.2) is 71.1 Å². The number of likely N-dealkylation sites (N-methyl/N-ethyl adjacent to an activating group) is 1. The van der Waals surface area contributed by atoms with Crippen LogP contribution in [0.5, 0.6) is 0 Å². The molecule has 0 bridgehead atoms. The number of aromatic nitrogens is 2. The number of carbonyl (C=O) groups is 1. The third kappa shape index (κ3) is 3.92. The molecule has 0 aliphatic carbocycles. The highest BCUT2D eigenvalue weighted by Crippen LogP contribution is 2.12. The van der Waals surface area contributed by atoms with Crippen LogP contribution >= 0.6 is 0 Å². The van der Waals surface area contributed by atoms with Gasteiger partial charge in [-0.25, -0.2) is 4.98 Å². The molecule has 1 saturated heterocycles. The smallest absolute Gasteiger partial charge is 0.258 e. The standard InChI is InChI=1S/C18H25N5O3/c1-12(9-19)22(2)18(25)15-10-23(7-8-26-15)11-16-20-14-6-4-3-5-13(14)17(24)21-16/h3-6,12,15H,7-11,19H2,1-2H3,(H,20,21,24). The van der Waals surface area contributed by atoms with Crippen LogP contribution in [0.3, 0.4) is 0 Å². The number of hydrogen-bond donors (Lipinski definition) is 2. The van der Waals surface area contributed by atoms with E-state index in [1.807, 2.05) is 25.1 Å². The van der Waals surface area contributed by atoms with E-state index >= 15 is 0 Å². The number of para-hydroxylation sites is 1. The van der Waals surface area contributed by atoms with Gasteiger partial charge in [0.05, 0.1) is 24.1 Å². The Labute approximate surface area is 151 Å². The van der Waals surface area contributed by atoms with E-state index in [-0.39, 0.29) is 17.5 Å². The Hall–Kier alpha value is -2.29. The number of H-pyrrole nitrogens is 1. The zero-order chi connectivity index (χ0) is 18.7. The van der Waals surface area contributed by atoms with Crippen molar-refractivity contribution in [3.8, 4) is 0 Å². The van der Waals surface area contributed by atoms with E-state index in [2.05, 4.69) is 14.9 Å². The summed E-state index contributed by atoms with van der Waals surface area (Å²) in [4.78, 5) is 35.8. The van der Waals surface area contributed by atoms with E-state index in [0.717, 1.165) is 0 Å². The number of nitrogens with two attached hydrogens (primary N) is 1. The Kier molecular flexibility index (Phi) is 5.65. The zero-order valence-corrected chi connectivity index (χ0v) is 15.1. The molecule has 1 amide bonds. The molecule has 2 aromatic rings. The van der Waals surface area contributed by atoms with Crippen molar-refractivity contribution in [1.82, 2.24) is 19.8 Å². The van der Waals surface area contributed by atoms with Crippen molar-refractivity contribution >= 4 is 16.8 Å². The van der Waals surface area contributed by atoms with Gasteiger partial charge < -0.3 is 20.4 Å². The van der Waals surface area contributed by atoms with Gasteiger partial charge in [-0.05, 0) is 19.1 Å². The number of benzene rings is 1. The molecule has 2 atom stereocenters. The second kappa shape index (κ2) is 7.94. The van der Waals surface area contributed by atoms with Crippen LogP contribution in [0.15, 0.2) is 29.1 Å². The van der Waals surface area contributed by atoms with E-state index in [1.54, 1.807) is 18.0 Å². The van der Waals surface area contributed by atoms with Crippen LogP contribution < -0.4 is 11.3 Å². The Bertz CT molecular complexity index is 837. The van der Waals surface area contributed by atoms with Crippen molar-refractivity contribution in [2.24, 2.45) is 5.73 Å². The molecule has 26 heavy (non-hydrogen) atoms. The largest absolute Gasteiger partial charge is 0.366 e. The third-order valence-corrected chi connectivity index (χ3v) is 4.81. The summed E-state index contributed by atoms with van der Waals surface area (Å²) < 4.78 is 5.65. The number of hydrogen-bond acceptors (Lipinski definition) is 6. The summed E-state index contributed by atoms with van der Waals surface area (Å²) in [6.45, 7) is 4.36. The third-order valence-electron chi connectivity index (χ3n) is 4.81. The monoisotopic (exact) mass is 359 g/mol. The summed E-state index contributed by atoms with van der Waals surface area (Å²) in [5.74, 6) is 0.512. The lowest BCUT2D eigenvalue weighted by atomic mass is 10.2. The average molecular weight is 359 g/mol. The summed E-state index contributed by atoms with van der Waals surface area (Å²) in [5.41, 5.74) is 6.16. The molecule has 8 nitrogen and oxygen atoms in total. The van der Waals surface area contributed by atoms with Gasteiger partial charge in [0, 0.05) is 32.7 Å². The van der Waals surface area contributed by atoms with E-state index in [1.165, 1.54) is 0 Å². The average Bonchev–Trinajstić information content (AvgIpc) is 2.66. The van der Waals surface area contributed by atoms with Crippen LogP contribution in [0, 0.1) is 0 Å². The number of ether oxygens (including phenoxy) is 1. The number of aromatic amines is 1. The lowest BCUT2D eigenvalue weighted by Gasteiger charge is -2.35. The summed E-state index contributed by atoms with van der Waals surface area (Å²) in [7, 11) is 1.74. The fourth-order valence-corrected chi connectivity index (χ4v) is 3.02. The number of carbonyl (C=O) groups excluding carboxylic acids is 1.